The van der Waals surface area contributed by atoms with Crippen molar-refractivity contribution in [3.8, 4) is 5.75 Å². The van der Waals surface area contributed by atoms with Crippen molar-refractivity contribution in [2.45, 2.75) is 19.8 Å². The molecule has 2 atom stereocenters. The van der Waals surface area contributed by atoms with Crippen molar-refractivity contribution in [2.75, 3.05) is 13.7 Å². The van der Waals surface area contributed by atoms with E-state index in [0.29, 0.717) is 28.3 Å². The summed E-state index contributed by atoms with van der Waals surface area (Å²) in [5, 5.41) is 0. The molecule has 2 aromatic rings. The maximum atomic E-state index is 13.3. The molecule has 1 aliphatic carbocycles. The van der Waals surface area contributed by atoms with Crippen molar-refractivity contribution in [3.05, 3.63) is 70.8 Å². The lowest BCUT2D eigenvalue weighted by molar-refractivity contribution is -0.145. The molecule has 5 nitrogen and oxygen atoms in total. The van der Waals surface area contributed by atoms with E-state index in [1.165, 1.54) is 0 Å². The third kappa shape index (κ3) is 2.74. The molecule has 4 rings (SSSR count). The molecule has 0 fully saturated rings. The molecular formula is C23H21NO4. The van der Waals surface area contributed by atoms with Crippen molar-refractivity contribution < 1.29 is 19.1 Å². The zero-order valence-corrected chi connectivity index (χ0v) is 16.1. The van der Waals surface area contributed by atoms with E-state index >= 15 is 0 Å². The number of ether oxygens (including phenoxy) is 2. The van der Waals surface area contributed by atoms with E-state index in [0.717, 1.165) is 11.1 Å². The van der Waals surface area contributed by atoms with Gasteiger partial charge in [-0.3, -0.25) is 14.6 Å². The van der Waals surface area contributed by atoms with Gasteiger partial charge in [-0.25, -0.2) is 0 Å². The number of rotatable bonds is 4. The highest BCUT2D eigenvalue weighted by molar-refractivity contribution is 6.24. The average molecular weight is 375 g/mol. The van der Waals surface area contributed by atoms with Crippen LogP contribution in [0.1, 0.15) is 41.3 Å². The fourth-order valence-electron chi connectivity index (χ4n) is 4.06. The molecule has 0 amide bonds. The number of benzene rings is 2. The van der Waals surface area contributed by atoms with E-state index in [2.05, 4.69) is 4.99 Å². The fourth-order valence-corrected chi connectivity index (χ4v) is 4.06. The van der Waals surface area contributed by atoms with Crippen LogP contribution in [0.3, 0.4) is 0 Å². The molecule has 0 aromatic heterocycles. The molecule has 0 radical (unpaired) electrons. The van der Waals surface area contributed by atoms with E-state index in [1.54, 1.807) is 14.0 Å². The van der Waals surface area contributed by atoms with Gasteiger partial charge in [0.25, 0.3) is 0 Å². The number of Topliss-reactive ketones (excluding diaryl/α,β-unsaturated/α-hetero) is 1. The summed E-state index contributed by atoms with van der Waals surface area (Å²) in [6, 6.07) is 14.9. The highest BCUT2D eigenvalue weighted by atomic mass is 16.5. The Morgan fingerprint density at radius 2 is 1.75 bits per heavy atom. The van der Waals surface area contributed by atoms with Crippen LogP contribution in [0.25, 0.3) is 5.70 Å². The zero-order valence-electron chi connectivity index (χ0n) is 16.1. The summed E-state index contributed by atoms with van der Waals surface area (Å²) in [6.07, 6.45) is 0. The van der Waals surface area contributed by atoms with Gasteiger partial charge in [-0.1, -0.05) is 36.4 Å². The molecule has 5 heteroatoms. The van der Waals surface area contributed by atoms with Gasteiger partial charge < -0.3 is 9.47 Å². The maximum absolute atomic E-state index is 13.3. The maximum Gasteiger partial charge on any atom is 0.315 e. The van der Waals surface area contributed by atoms with E-state index in [1.807, 2.05) is 55.5 Å². The third-order valence-corrected chi connectivity index (χ3v) is 5.32. The minimum atomic E-state index is -0.634. The van der Waals surface area contributed by atoms with Crippen molar-refractivity contribution in [2.24, 2.45) is 10.9 Å². The fraction of sp³-hybridized carbons (Fsp3) is 0.261. The summed E-state index contributed by atoms with van der Waals surface area (Å²) in [4.78, 5) is 30.8. The predicted molar refractivity (Wildman–Crippen MR) is 107 cm³/mol. The Bertz CT molecular complexity index is 1020. The van der Waals surface area contributed by atoms with Crippen LogP contribution < -0.4 is 4.74 Å². The first-order valence-corrected chi connectivity index (χ1v) is 9.30. The van der Waals surface area contributed by atoms with Gasteiger partial charge in [0.1, 0.15) is 11.7 Å². The molecular weight excluding hydrogens is 354 g/mol. The Balaban J connectivity index is 1.90. The largest absolute Gasteiger partial charge is 0.497 e. The summed E-state index contributed by atoms with van der Waals surface area (Å²) in [5.41, 5.74) is 4.20. The first kappa shape index (κ1) is 18.2. The van der Waals surface area contributed by atoms with Crippen LogP contribution in [0.5, 0.6) is 5.75 Å². The second kappa shape index (κ2) is 7.08. The lowest BCUT2D eigenvalue weighted by Gasteiger charge is -2.30. The minimum Gasteiger partial charge on any atom is -0.497 e. The Hall–Kier alpha value is -3.21. The summed E-state index contributed by atoms with van der Waals surface area (Å²) in [7, 11) is 1.60. The molecule has 2 aliphatic rings. The number of fused-ring (bicyclic) bond motifs is 2. The zero-order chi connectivity index (χ0) is 19.8. The number of nitrogens with zero attached hydrogens (tertiary/aromatic N) is 1. The van der Waals surface area contributed by atoms with Crippen LogP contribution in [0.4, 0.5) is 0 Å². The average Bonchev–Trinajstić information content (AvgIpc) is 2.99. The lowest BCUT2D eigenvalue weighted by Crippen LogP contribution is -2.35. The van der Waals surface area contributed by atoms with Crippen molar-refractivity contribution in [1.82, 2.24) is 0 Å². The number of methoxy groups -OCH3 is 1. The van der Waals surface area contributed by atoms with Gasteiger partial charge in [0.15, 0.2) is 5.78 Å². The number of carbonyl (C=O) groups is 2. The summed E-state index contributed by atoms with van der Waals surface area (Å²) < 4.78 is 10.6. The van der Waals surface area contributed by atoms with Gasteiger partial charge in [-0.15, -0.1) is 0 Å². The van der Waals surface area contributed by atoms with Gasteiger partial charge in [-0.2, -0.15) is 0 Å². The monoisotopic (exact) mass is 375 g/mol. The molecule has 0 N–H and O–H groups in total. The van der Waals surface area contributed by atoms with Gasteiger partial charge in [0.05, 0.1) is 19.4 Å². The number of esters is 1. The molecule has 1 heterocycles. The topological polar surface area (TPSA) is 65.0 Å². The van der Waals surface area contributed by atoms with Crippen molar-refractivity contribution in [3.63, 3.8) is 0 Å². The number of allylic oxidation sites excluding steroid dienone is 1. The Labute approximate surface area is 163 Å². The van der Waals surface area contributed by atoms with Gasteiger partial charge in [0, 0.05) is 28.3 Å². The van der Waals surface area contributed by atoms with E-state index in [9.17, 15) is 9.59 Å². The SMILES string of the molecule is CCOC(=O)C1C(C)=NC2=C(C(=O)c3ccccc32)[C@H]1c1ccc(OC)cc1. The Morgan fingerprint density at radius 3 is 2.39 bits per heavy atom. The standard InChI is InChI=1S/C23H21NO4/c1-4-28-23(26)18-13(2)24-21-16-7-5-6-8-17(16)22(25)20(21)19(18)14-9-11-15(27-3)12-10-14/h5-12,18-19H,4H2,1-3H3/t18?,19-/m0/s1. The van der Waals surface area contributed by atoms with Gasteiger partial charge in [0.2, 0.25) is 0 Å². The van der Waals surface area contributed by atoms with Crippen LogP contribution >= 0.6 is 0 Å². The van der Waals surface area contributed by atoms with Crippen LogP contribution in [0.15, 0.2) is 59.1 Å². The quantitative estimate of drug-likeness (QED) is 0.757. The van der Waals surface area contributed by atoms with E-state index in [-0.39, 0.29) is 18.4 Å². The number of ketones is 1. The highest BCUT2D eigenvalue weighted by Gasteiger charge is 2.45. The number of hydrogen-bond donors (Lipinski definition) is 0. The second-order valence-corrected chi connectivity index (χ2v) is 6.87. The second-order valence-electron chi connectivity index (χ2n) is 6.87. The number of aliphatic imine (C=N–C) groups is 1. The van der Waals surface area contributed by atoms with Crippen LogP contribution in [-0.4, -0.2) is 31.2 Å². The molecule has 0 saturated carbocycles. The van der Waals surface area contributed by atoms with Crippen LogP contribution in [0, 0.1) is 5.92 Å². The smallest absolute Gasteiger partial charge is 0.315 e. The first-order valence-electron chi connectivity index (χ1n) is 9.30. The summed E-state index contributed by atoms with van der Waals surface area (Å²) >= 11 is 0. The number of hydrogen-bond acceptors (Lipinski definition) is 5. The summed E-state index contributed by atoms with van der Waals surface area (Å²) in [6.45, 7) is 3.88. The van der Waals surface area contributed by atoms with E-state index < -0.39 is 11.8 Å². The molecule has 0 saturated heterocycles. The predicted octanol–water partition coefficient (Wildman–Crippen LogP) is 4.04. The normalized spacial score (nSPS) is 20.4. The minimum absolute atomic E-state index is 0.0723. The van der Waals surface area contributed by atoms with Gasteiger partial charge in [-0.05, 0) is 31.5 Å². The van der Waals surface area contributed by atoms with Crippen molar-refractivity contribution in [1.29, 1.82) is 0 Å². The highest BCUT2D eigenvalue weighted by Crippen LogP contribution is 2.48. The molecule has 0 bridgehead atoms. The van der Waals surface area contributed by atoms with Gasteiger partial charge >= 0.3 is 5.97 Å². The Morgan fingerprint density at radius 1 is 1.07 bits per heavy atom. The molecule has 1 unspecified atom stereocenters. The molecule has 1 aliphatic heterocycles. The molecule has 28 heavy (non-hydrogen) atoms. The molecule has 2 aromatic carbocycles. The summed E-state index contributed by atoms with van der Waals surface area (Å²) in [5.74, 6) is -0.799. The van der Waals surface area contributed by atoms with Crippen LogP contribution in [-0.2, 0) is 9.53 Å². The first-order chi connectivity index (χ1) is 13.6. The van der Waals surface area contributed by atoms with Crippen molar-refractivity contribution >= 4 is 23.2 Å². The number of carbonyl (C=O) groups excluding carboxylic acids is 2. The van der Waals surface area contributed by atoms with E-state index in [4.69, 9.17) is 9.47 Å². The lowest BCUT2D eigenvalue weighted by atomic mass is 9.75. The molecule has 142 valence electrons. The third-order valence-electron chi connectivity index (χ3n) is 5.32. The Kier molecular flexibility index (Phi) is 4.59. The van der Waals surface area contributed by atoms with Crippen LogP contribution in [0.2, 0.25) is 0 Å². The molecule has 0 spiro atoms.